The molecule has 2 nitrogen and oxygen atoms in total. The van der Waals surface area contributed by atoms with Gasteiger partial charge in [0.2, 0.25) is 0 Å². The van der Waals surface area contributed by atoms with Crippen molar-refractivity contribution in [2.75, 3.05) is 0 Å². The Balaban J connectivity index is 1.97. The Labute approximate surface area is 133 Å². The molecular weight excluding hydrogens is 336 g/mol. The molecule has 0 saturated heterocycles. The van der Waals surface area contributed by atoms with E-state index in [0.717, 1.165) is 21.7 Å². The molecule has 0 unspecified atom stereocenters. The number of benzene rings is 1. The summed E-state index contributed by atoms with van der Waals surface area (Å²) in [5, 5.41) is 0. The monoisotopic (exact) mass is 354 g/mol. The van der Waals surface area contributed by atoms with Gasteiger partial charge in [-0.1, -0.05) is 29.3 Å². The minimum absolute atomic E-state index is 0.486. The van der Waals surface area contributed by atoms with Crippen LogP contribution in [0.4, 0.5) is 0 Å². The summed E-state index contributed by atoms with van der Waals surface area (Å²) in [6.45, 7) is 2.30. The highest BCUT2D eigenvalue weighted by Crippen LogP contribution is 2.37. The van der Waals surface area contributed by atoms with E-state index in [1.165, 1.54) is 37.6 Å². The van der Waals surface area contributed by atoms with Crippen molar-refractivity contribution in [3.05, 3.63) is 28.5 Å². The summed E-state index contributed by atoms with van der Waals surface area (Å²) < 4.78 is 3.46. The molecule has 0 spiro atoms. The molecule has 0 atom stereocenters. The van der Waals surface area contributed by atoms with Gasteiger partial charge >= 0.3 is 0 Å². The lowest BCUT2D eigenvalue weighted by Crippen LogP contribution is -2.19. The van der Waals surface area contributed by atoms with Gasteiger partial charge in [-0.2, -0.15) is 0 Å². The first-order valence-corrected chi connectivity index (χ1v) is 8.78. The SMILES string of the molecule is CCC1CCC(n2c(CCl)nc3cc(Br)ccc32)CC1. The number of imidazole rings is 1. The molecule has 1 aromatic carbocycles. The molecule has 1 aliphatic rings. The van der Waals surface area contributed by atoms with E-state index in [1.54, 1.807) is 0 Å². The van der Waals surface area contributed by atoms with E-state index in [1.807, 2.05) is 0 Å². The van der Waals surface area contributed by atoms with Crippen molar-refractivity contribution in [3.63, 3.8) is 0 Å². The lowest BCUT2D eigenvalue weighted by Gasteiger charge is -2.30. The first-order valence-electron chi connectivity index (χ1n) is 7.45. The summed E-state index contributed by atoms with van der Waals surface area (Å²) in [5.74, 6) is 2.41. The molecule has 1 fully saturated rings. The zero-order valence-electron chi connectivity index (χ0n) is 11.8. The van der Waals surface area contributed by atoms with Crippen molar-refractivity contribution in [2.45, 2.75) is 50.9 Å². The topological polar surface area (TPSA) is 17.8 Å². The van der Waals surface area contributed by atoms with Crippen LogP contribution >= 0.6 is 27.5 Å². The molecule has 1 saturated carbocycles. The zero-order chi connectivity index (χ0) is 14.1. The molecule has 3 rings (SSSR count). The maximum absolute atomic E-state index is 6.12. The number of hydrogen-bond donors (Lipinski definition) is 0. The number of fused-ring (bicyclic) bond motifs is 1. The molecule has 20 heavy (non-hydrogen) atoms. The highest BCUT2D eigenvalue weighted by atomic mass is 79.9. The molecular formula is C16H20BrClN2. The second kappa shape index (κ2) is 6.07. The largest absolute Gasteiger partial charge is 0.324 e. The number of hydrogen-bond acceptors (Lipinski definition) is 1. The van der Waals surface area contributed by atoms with Crippen molar-refractivity contribution in [1.82, 2.24) is 9.55 Å². The number of aromatic nitrogens is 2. The normalized spacial score (nSPS) is 23.4. The van der Waals surface area contributed by atoms with Crippen LogP contribution in [0.3, 0.4) is 0 Å². The van der Waals surface area contributed by atoms with Crippen LogP contribution < -0.4 is 0 Å². The zero-order valence-corrected chi connectivity index (χ0v) is 14.1. The van der Waals surface area contributed by atoms with Crippen LogP contribution in [0.5, 0.6) is 0 Å². The molecule has 1 aromatic heterocycles. The van der Waals surface area contributed by atoms with Crippen molar-refractivity contribution in [2.24, 2.45) is 5.92 Å². The predicted octanol–water partition coefficient (Wildman–Crippen LogP) is 5.68. The van der Waals surface area contributed by atoms with Crippen LogP contribution in [-0.2, 0) is 5.88 Å². The van der Waals surface area contributed by atoms with Gasteiger partial charge in [0.1, 0.15) is 5.82 Å². The van der Waals surface area contributed by atoms with Gasteiger partial charge in [-0.25, -0.2) is 4.98 Å². The molecule has 1 heterocycles. The summed E-state index contributed by atoms with van der Waals surface area (Å²) in [4.78, 5) is 4.71. The van der Waals surface area contributed by atoms with Gasteiger partial charge in [0.25, 0.3) is 0 Å². The number of rotatable bonds is 3. The second-order valence-electron chi connectivity index (χ2n) is 5.75. The van der Waals surface area contributed by atoms with Crippen LogP contribution in [0, 0.1) is 5.92 Å². The Bertz CT molecular complexity index is 600. The summed E-state index contributed by atoms with van der Waals surface area (Å²) in [6.07, 6.45) is 6.48. The first kappa shape index (κ1) is 14.4. The number of nitrogens with zero attached hydrogens (tertiary/aromatic N) is 2. The summed E-state index contributed by atoms with van der Waals surface area (Å²) in [6, 6.07) is 6.90. The standard InChI is InChI=1S/C16H20BrClN2/c1-2-11-3-6-13(7-4-11)20-15-8-5-12(17)9-14(15)19-16(20)10-18/h5,8-9,11,13H,2-4,6-7,10H2,1H3. The molecule has 0 amide bonds. The summed E-state index contributed by atoms with van der Waals surface area (Å²) >= 11 is 9.64. The van der Waals surface area contributed by atoms with Crippen LogP contribution in [-0.4, -0.2) is 9.55 Å². The third-order valence-corrected chi connectivity index (χ3v) is 5.34. The maximum atomic E-state index is 6.12. The highest BCUT2D eigenvalue weighted by Gasteiger charge is 2.24. The van der Waals surface area contributed by atoms with Crippen LogP contribution in [0.15, 0.2) is 22.7 Å². The number of alkyl halides is 1. The van der Waals surface area contributed by atoms with Gasteiger partial charge in [-0.15, -0.1) is 11.6 Å². The van der Waals surface area contributed by atoms with Crippen LogP contribution in [0.1, 0.15) is 50.9 Å². The Morgan fingerprint density at radius 2 is 2.05 bits per heavy atom. The average Bonchev–Trinajstić information content (AvgIpc) is 2.84. The molecule has 0 aliphatic heterocycles. The van der Waals surface area contributed by atoms with E-state index in [9.17, 15) is 0 Å². The average molecular weight is 356 g/mol. The van der Waals surface area contributed by atoms with Gasteiger partial charge in [-0.3, -0.25) is 0 Å². The van der Waals surface area contributed by atoms with E-state index in [-0.39, 0.29) is 0 Å². The molecule has 0 N–H and O–H groups in total. The van der Waals surface area contributed by atoms with Gasteiger partial charge in [0, 0.05) is 10.5 Å². The molecule has 1 aliphatic carbocycles. The van der Waals surface area contributed by atoms with Crippen molar-refractivity contribution in [3.8, 4) is 0 Å². The third-order valence-electron chi connectivity index (χ3n) is 4.60. The molecule has 2 aromatic rings. The van der Waals surface area contributed by atoms with E-state index in [0.29, 0.717) is 11.9 Å². The first-order chi connectivity index (χ1) is 9.72. The van der Waals surface area contributed by atoms with E-state index < -0.39 is 0 Å². The Morgan fingerprint density at radius 3 is 2.70 bits per heavy atom. The van der Waals surface area contributed by atoms with Gasteiger partial charge in [-0.05, 0) is 49.8 Å². The lowest BCUT2D eigenvalue weighted by molar-refractivity contribution is 0.270. The fourth-order valence-electron chi connectivity index (χ4n) is 3.43. The van der Waals surface area contributed by atoms with Crippen molar-refractivity contribution in [1.29, 1.82) is 0 Å². The molecule has 0 bridgehead atoms. The minimum atomic E-state index is 0.486. The maximum Gasteiger partial charge on any atom is 0.125 e. The molecule has 4 heteroatoms. The predicted molar refractivity (Wildman–Crippen MR) is 88.3 cm³/mol. The fraction of sp³-hybridized carbons (Fsp3) is 0.562. The second-order valence-corrected chi connectivity index (χ2v) is 6.93. The van der Waals surface area contributed by atoms with Crippen LogP contribution in [0.2, 0.25) is 0 Å². The molecule has 108 valence electrons. The number of halogens is 2. The van der Waals surface area contributed by atoms with Gasteiger partial charge in [0.15, 0.2) is 0 Å². The third kappa shape index (κ3) is 2.62. The quantitative estimate of drug-likeness (QED) is 0.648. The van der Waals surface area contributed by atoms with Gasteiger partial charge < -0.3 is 4.57 Å². The Kier molecular flexibility index (Phi) is 4.37. The lowest BCUT2D eigenvalue weighted by atomic mass is 9.84. The molecule has 0 radical (unpaired) electrons. The summed E-state index contributed by atoms with van der Waals surface area (Å²) in [7, 11) is 0. The van der Waals surface area contributed by atoms with Crippen molar-refractivity contribution >= 4 is 38.6 Å². The smallest absolute Gasteiger partial charge is 0.125 e. The Morgan fingerprint density at radius 1 is 1.30 bits per heavy atom. The van der Waals surface area contributed by atoms with Crippen LogP contribution in [0.25, 0.3) is 11.0 Å². The van der Waals surface area contributed by atoms with Gasteiger partial charge in [0.05, 0.1) is 16.9 Å². The fourth-order valence-corrected chi connectivity index (χ4v) is 3.97. The van der Waals surface area contributed by atoms with E-state index in [4.69, 9.17) is 16.6 Å². The summed E-state index contributed by atoms with van der Waals surface area (Å²) in [5.41, 5.74) is 2.27. The van der Waals surface area contributed by atoms with E-state index in [2.05, 4.69) is 45.6 Å². The van der Waals surface area contributed by atoms with E-state index >= 15 is 0 Å². The van der Waals surface area contributed by atoms with Crippen molar-refractivity contribution < 1.29 is 0 Å². The highest BCUT2D eigenvalue weighted by molar-refractivity contribution is 9.10. The Hall–Kier alpha value is -0.540. The minimum Gasteiger partial charge on any atom is -0.324 e.